The van der Waals surface area contributed by atoms with Crippen LogP contribution < -0.4 is 5.32 Å². The van der Waals surface area contributed by atoms with Gasteiger partial charge in [-0.25, -0.2) is 0 Å². The summed E-state index contributed by atoms with van der Waals surface area (Å²) in [6.07, 6.45) is 6.34. The van der Waals surface area contributed by atoms with Gasteiger partial charge in [-0.15, -0.1) is 11.8 Å². The largest absolute Gasteiger partial charge is 0.348 e. The first-order chi connectivity index (χ1) is 14.6. The van der Waals surface area contributed by atoms with Gasteiger partial charge in [0.15, 0.2) is 0 Å². The molecule has 3 atom stereocenters. The molecule has 2 aliphatic rings. The fourth-order valence-electron chi connectivity index (χ4n) is 4.33. The highest BCUT2D eigenvalue weighted by Gasteiger charge is 2.41. The Morgan fingerprint density at radius 1 is 1.10 bits per heavy atom. The van der Waals surface area contributed by atoms with Crippen LogP contribution >= 0.6 is 11.8 Å². The molecule has 1 saturated carbocycles. The molecule has 156 valence electrons. The fourth-order valence-corrected chi connectivity index (χ4v) is 5.80. The van der Waals surface area contributed by atoms with E-state index in [-0.39, 0.29) is 30.4 Å². The zero-order chi connectivity index (χ0) is 20.9. The van der Waals surface area contributed by atoms with E-state index >= 15 is 0 Å². The predicted octanol–water partition coefficient (Wildman–Crippen LogP) is 4.79. The van der Waals surface area contributed by atoms with Gasteiger partial charge in [0.1, 0.15) is 6.54 Å². The minimum absolute atomic E-state index is 0.0190. The summed E-state index contributed by atoms with van der Waals surface area (Å²) in [5.41, 5.74) is 2.08. The van der Waals surface area contributed by atoms with E-state index in [9.17, 15) is 9.59 Å². The lowest BCUT2D eigenvalue weighted by atomic mass is 9.93. The Morgan fingerprint density at radius 2 is 1.77 bits per heavy atom. The molecule has 1 saturated heterocycles. The van der Waals surface area contributed by atoms with Gasteiger partial charge in [-0.2, -0.15) is 0 Å². The minimum atomic E-state index is -0.102. The van der Waals surface area contributed by atoms with Crippen LogP contribution in [0.4, 0.5) is 0 Å². The molecule has 2 amide bonds. The van der Waals surface area contributed by atoms with Gasteiger partial charge in [-0.1, -0.05) is 73.5 Å². The number of hydrogen-bond donors (Lipinski definition) is 1. The number of rotatable bonds is 5. The van der Waals surface area contributed by atoms with Crippen molar-refractivity contribution in [2.24, 2.45) is 0 Å². The highest BCUT2D eigenvalue weighted by Crippen LogP contribution is 2.42. The predicted molar refractivity (Wildman–Crippen MR) is 123 cm³/mol. The Bertz CT molecular complexity index is 913. The number of benzene rings is 2. The van der Waals surface area contributed by atoms with Crippen molar-refractivity contribution in [1.29, 1.82) is 0 Å². The van der Waals surface area contributed by atoms with Gasteiger partial charge in [-0.3, -0.25) is 9.59 Å². The van der Waals surface area contributed by atoms with Crippen LogP contribution in [0.3, 0.4) is 0 Å². The lowest BCUT2D eigenvalue weighted by Gasteiger charge is -2.44. The number of carbonyl (C=O) groups is 2. The normalized spacial score (nSPS) is 23.7. The Balaban J connectivity index is 1.51. The topological polar surface area (TPSA) is 49.4 Å². The van der Waals surface area contributed by atoms with Crippen LogP contribution in [0, 0.1) is 0 Å². The summed E-state index contributed by atoms with van der Waals surface area (Å²) in [7, 11) is 0. The number of thioether (sulfide) groups is 1. The first-order valence-electron chi connectivity index (χ1n) is 10.7. The molecule has 0 radical (unpaired) electrons. The van der Waals surface area contributed by atoms with Gasteiger partial charge in [-0.05, 0) is 37.0 Å². The van der Waals surface area contributed by atoms with E-state index < -0.39 is 0 Å². The molecular weight excluding hydrogens is 392 g/mol. The zero-order valence-corrected chi connectivity index (χ0v) is 18.1. The average Bonchev–Trinajstić information content (AvgIpc) is 2.78. The molecule has 4 rings (SSSR count). The molecule has 1 heterocycles. The number of carbonyl (C=O) groups excluding carboxylic acids is 2. The van der Waals surface area contributed by atoms with Crippen molar-refractivity contribution >= 4 is 29.7 Å². The Kier molecular flexibility index (Phi) is 6.58. The summed E-state index contributed by atoms with van der Waals surface area (Å²) in [6, 6.07) is 19.9. The standard InChI is InChI=1S/C25H28N2O2S/c1-18(20-12-6-3-7-13-20)26-24(28)17-27-21-14-8-9-15-22(21)30-23(25(27)29)16-19-10-4-2-5-11-19/h2-7,10-13,16,18,21-22H,8-9,14-15,17H2,1H3,(H,26,28)/b23-16-. The second-order valence-corrected chi connectivity index (χ2v) is 9.34. The molecule has 1 N–H and O–H groups in total. The Morgan fingerprint density at radius 3 is 2.50 bits per heavy atom. The third kappa shape index (κ3) is 4.78. The third-order valence-corrected chi connectivity index (χ3v) is 7.31. The first kappa shape index (κ1) is 20.7. The van der Waals surface area contributed by atoms with Crippen LogP contribution in [0.2, 0.25) is 0 Å². The molecule has 2 fully saturated rings. The molecule has 3 unspecified atom stereocenters. The van der Waals surface area contributed by atoms with Gasteiger partial charge in [0.2, 0.25) is 5.91 Å². The van der Waals surface area contributed by atoms with Crippen LogP contribution in [0.1, 0.15) is 49.8 Å². The van der Waals surface area contributed by atoms with Crippen molar-refractivity contribution in [2.45, 2.75) is 49.9 Å². The van der Waals surface area contributed by atoms with E-state index in [0.29, 0.717) is 5.25 Å². The maximum absolute atomic E-state index is 13.3. The van der Waals surface area contributed by atoms with Gasteiger partial charge in [0.25, 0.3) is 5.91 Å². The monoisotopic (exact) mass is 420 g/mol. The number of amides is 2. The van der Waals surface area contributed by atoms with E-state index in [2.05, 4.69) is 5.32 Å². The smallest absolute Gasteiger partial charge is 0.261 e. The maximum Gasteiger partial charge on any atom is 0.261 e. The van der Waals surface area contributed by atoms with Gasteiger partial charge in [0, 0.05) is 11.3 Å². The van der Waals surface area contributed by atoms with Crippen LogP contribution in [0.15, 0.2) is 65.6 Å². The van der Waals surface area contributed by atoms with Crippen LogP contribution in [0.25, 0.3) is 6.08 Å². The summed E-state index contributed by atoms with van der Waals surface area (Å²) in [6.45, 7) is 2.09. The van der Waals surface area contributed by atoms with Gasteiger partial charge < -0.3 is 10.2 Å². The van der Waals surface area contributed by atoms with Crippen molar-refractivity contribution in [1.82, 2.24) is 10.2 Å². The average molecular weight is 421 g/mol. The Labute approximate surface area is 182 Å². The van der Waals surface area contributed by atoms with E-state index in [1.165, 1.54) is 6.42 Å². The quantitative estimate of drug-likeness (QED) is 0.708. The molecule has 1 aliphatic heterocycles. The molecule has 1 aliphatic carbocycles. The number of nitrogens with zero attached hydrogens (tertiary/aromatic N) is 1. The lowest BCUT2D eigenvalue weighted by molar-refractivity contribution is -0.135. The minimum Gasteiger partial charge on any atom is -0.348 e. The number of nitrogens with one attached hydrogen (secondary N) is 1. The highest BCUT2D eigenvalue weighted by atomic mass is 32.2. The molecule has 2 aromatic carbocycles. The van der Waals surface area contributed by atoms with Crippen LogP contribution in [-0.2, 0) is 9.59 Å². The summed E-state index contributed by atoms with van der Waals surface area (Å²) >= 11 is 1.70. The second-order valence-electron chi connectivity index (χ2n) is 8.06. The molecule has 0 bridgehead atoms. The molecule has 30 heavy (non-hydrogen) atoms. The molecule has 2 aromatic rings. The van der Waals surface area contributed by atoms with Crippen LogP contribution in [-0.4, -0.2) is 34.6 Å². The lowest BCUT2D eigenvalue weighted by Crippen LogP contribution is -2.54. The van der Waals surface area contributed by atoms with Crippen molar-refractivity contribution in [3.05, 3.63) is 76.7 Å². The molecular formula is C25H28N2O2S. The summed E-state index contributed by atoms with van der Waals surface area (Å²) in [5, 5.41) is 3.43. The highest BCUT2D eigenvalue weighted by molar-refractivity contribution is 8.04. The van der Waals surface area contributed by atoms with E-state index in [1.807, 2.05) is 78.6 Å². The SMILES string of the molecule is CC(NC(=O)CN1C(=O)/C(=C/c2ccccc2)SC2CCCCC21)c1ccccc1. The van der Waals surface area contributed by atoms with Crippen molar-refractivity contribution < 1.29 is 9.59 Å². The van der Waals surface area contributed by atoms with E-state index in [1.54, 1.807) is 11.8 Å². The van der Waals surface area contributed by atoms with Crippen molar-refractivity contribution in [2.75, 3.05) is 6.54 Å². The van der Waals surface area contributed by atoms with Crippen molar-refractivity contribution in [3.63, 3.8) is 0 Å². The first-order valence-corrected chi connectivity index (χ1v) is 11.6. The molecule has 4 nitrogen and oxygen atoms in total. The van der Waals surface area contributed by atoms with Crippen LogP contribution in [0.5, 0.6) is 0 Å². The second kappa shape index (κ2) is 9.52. The Hall–Kier alpha value is -2.53. The number of hydrogen-bond acceptors (Lipinski definition) is 3. The third-order valence-electron chi connectivity index (χ3n) is 5.91. The van der Waals surface area contributed by atoms with E-state index in [0.717, 1.165) is 35.3 Å². The van der Waals surface area contributed by atoms with E-state index in [4.69, 9.17) is 0 Å². The molecule has 0 spiro atoms. The van der Waals surface area contributed by atoms with Crippen molar-refractivity contribution in [3.8, 4) is 0 Å². The molecule has 0 aromatic heterocycles. The molecule has 5 heteroatoms. The summed E-state index contributed by atoms with van der Waals surface area (Å²) in [5.74, 6) is -0.121. The van der Waals surface area contributed by atoms with Gasteiger partial charge >= 0.3 is 0 Å². The summed E-state index contributed by atoms with van der Waals surface area (Å²) in [4.78, 5) is 28.7. The summed E-state index contributed by atoms with van der Waals surface area (Å²) < 4.78 is 0. The zero-order valence-electron chi connectivity index (χ0n) is 17.3. The maximum atomic E-state index is 13.3. The number of fused-ring (bicyclic) bond motifs is 1. The fraction of sp³-hybridized carbons (Fsp3) is 0.360. The van der Waals surface area contributed by atoms with Gasteiger partial charge in [0.05, 0.1) is 10.9 Å².